The Morgan fingerprint density at radius 2 is 1.50 bits per heavy atom. The molecule has 26 heavy (non-hydrogen) atoms. The lowest BCUT2D eigenvalue weighted by Crippen LogP contribution is -2.51. The minimum atomic E-state index is -0.372. The summed E-state index contributed by atoms with van der Waals surface area (Å²) in [5, 5.41) is 0. The van der Waals surface area contributed by atoms with Crippen molar-refractivity contribution in [3.8, 4) is 11.5 Å². The number of carbonyl (C=O) groups is 3. The standard InChI is InChI=1S/C17H24N4O5/c1-25-13-2-4-14(5-3-13)26-12-17(24)21-10-8-20(9-11-21)16(23)7-6-15(22)19-18/h2-5H,6-12,18H2,1H3,(H,19,22). The van der Waals surface area contributed by atoms with E-state index in [0.29, 0.717) is 37.7 Å². The Labute approximate surface area is 152 Å². The van der Waals surface area contributed by atoms with E-state index in [9.17, 15) is 14.4 Å². The van der Waals surface area contributed by atoms with E-state index in [1.807, 2.05) is 5.43 Å². The number of hydrazine groups is 1. The molecule has 9 heteroatoms. The van der Waals surface area contributed by atoms with Crippen molar-refractivity contribution >= 4 is 17.7 Å². The summed E-state index contributed by atoms with van der Waals surface area (Å²) in [6, 6.07) is 6.99. The lowest BCUT2D eigenvalue weighted by atomic mass is 10.2. The average molecular weight is 364 g/mol. The normalized spacial score (nSPS) is 13.9. The molecule has 0 aliphatic carbocycles. The van der Waals surface area contributed by atoms with Crippen LogP contribution in [0.2, 0.25) is 0 Å². The first-order valence-electron chi connectivity index (χ1n) is 8.35. The van der Waals surface area contributed by atoms with Crippen molar-refractivity contribution in [1.82, 2.24) is 15.2 Å². The molecule has 0 atom stereocenters. The van der Waals surface area contributed by atoms with Gasteiger partial charge in [-0.1, -0.05) is 0 Å². The number of amides is 3. The molecule has 2 rings (SSSR count). The molecule has 1 aliphatic heterocycles. The molecule has 1 heterocycles. The number of nitrogens with zero attached hydrogens (tertiary/aromatic N) is 2. The topological polar surface area (TPSA) is 114 Å². The highest BCUT2D eigenvalue weighted by Crippen LogP contribution is 2.17. The predicted molar refractivity (Wildman–Crippen MR) is 93.2 cm³/mol. The number of hydrogen-bond donors (Lipinski definition) is 2. The fraction of sp³-hybridized carbons (Fsp3) is 0.471. The summed E-state index contributed by atoms with van der Waals surface area (Å²) in [7, 11) is 1.58. The van der Waals surface area contributed by atoms with Crippen LogP contribution in [0.25, 0.3) is 0 Å². The van der Waals surface area contributed by atoms with Crippen molar-refractivity contribution in [1.29, 1.82) is 0 Å². The first-order chi connectivity index (χ1) is 12.5. The van der Waals surface area contributed by atoms with Crippen molar-refractivity contribution in [2.24, 2.45) is 5.84 Å². The third kappa shape index (κ3) is 5.62. The second-order valence-corrected chi connectivity index (χ2v) is 5.79. The third-order valence-electron chi connectivity index (χ3n) is 4.13. The number of hydrogen-bond acceptors (Lipinski definition) is 6. The maximum atomic E-state index is 12.2. The minimum absolute atomic E-state index is 0.0586. The van der Waals surface area contributed by atoms with E-state index >= 15 is 0 Å². The number of rotatable bonds is 7. The third-order valence-corrected chi connectivity index (χ3v) is 4.13. The van der Waals surface area contributed by atoms with Gasteiger partial charge in [-0.3, -0.25) is 19.8 Å². The van der Waals surface area contributed by atoms with E-state index in [0.717, 1.165) is 0 Å². The molecule has 1 fully saturated rings. The van der Waals surface area contributed by atoms with E-state index in [-0.39, 0.29) is 37.2 Å². The second-order valence-electron chi connectivity index (χ2n) is 5.79. The summed E-state index contributed by atoms with van der Waals surface area (Å²) in [6.07, 6.45) is 0.168. The summed E-state index contributed by atoms with van der Waals surface area (Å²) in [5.74, 6) is 5.67. The summed E-state index contributed by atoms with van der Waals surface area (Å²) in [6.45, 7) is 1.71. The SMILES string of the molecule is COc1ccc(OCC(=O)N2CCN(C(=O)CCC(=O)NN)CC2)cc1. The van der Waals surface area contributed by atoms with Gasteiger partial charge in [-0.2, -0.15) is 0 Å². The van der Waals surface area contributed by atoms with E-state index in [4.69, 9.17) is 15.3 Å². The highest BCUT2D eigenvalue weighted by atomic mass is 16.5. The first kappa shape index (κ1) is 19.5. The van der Waals surface area contributed by atoms with Gasteiger partial charge in [0.1, 0.15) is 11.5 Å². The summed E-state index contributed by atoms with van der Waals surface area (Å²) in [5.41, 5.74) is 2.00. The van der Waals surface area contributed by atoms with Gasteiger partial charge in [0.15, 0.2) is 6.61 Å². The minimum Gasteiger partial charge on any atom is -0.497 e. The van der Waals surface area contributed by atoms with Gasteiger partial charge in [0.05, 0.1) is 7.11 Å². The maximum Gasteiger partial charge on any atom is 0.260 e. The Bertz CT molecular complexity index is 627. The lowest BCUT2D eigenvalue weighted by Gasteiger charge is -2.34. The predicted octanol–water partition coefficient (Wildman–Crippen LogP) is -0.485. The summed E-state index contributed by atoms with van der Waals surface area (Å²) < 4.78 is 10.6. The highest BCUT2D eigenvalue weighted by Gasteiger charge is 2.24. The van der Waals surface area contributed by atoms with Crippen LogP contribution in [0, 0.1) is 0 Å². The Kier molecular flexibility index (Phi) is 7.22. The molecular formula is C17H24N4O5. The number of methoxy groups -OCH3 is 1. The molecule has 0 saturated carbocycles. The maximum absolute atomic E-state index is 12.2. The Morgan fingerprint density at radius 1 is 0.962 bits per heavy atom. The fourth-order valence-electron chi connectivity index (χ4n) is 2.56. The quantitative estimate of drug-likeness (QED) is 0.384. The number of benzene rings is 1. The molecule has 0 radical (unpaired) electrons. The van der Waals surface area contributed by atoms with Crippen LogP contribution in [0.1, 0.15) is 12.8 Å². The van der Waals surface area contributed by atoms with Gasteiger partial charge in [-0.15, -0.1) is 0 Å². The molecule has 142 valence electrons. The largest absolute Gasteiger partial charge is 0.497 e. The molecule has 0 bridgehead atoms. The molecule has 1 aromatic rings. The number of piperazine rings is 1. The summed E-state index contributed by atoms with van der Waals surface area (Å²) in [4.78, 5) is 38.7. The van der Waals surface area contributed by atoms with E-state index < -0.39 is 0 Å². The van der Waals surface area contributed by atoms with Crippen LogP contribution in [0.5, 0.6) is 11.5 Å². The summed E-state index contributed by atoms with van der Waals surface area (Å²) >= 11 is 0. The van der Waals surface area contributed by atoms with Crippen LogP contribution in [-0.2, 0) is 14.4 Å². The average Bonchev–Trinajstić information content (AvgIpc) is 2.70. The molecule has 0 aromatic heterocycles. The van der Waals surface area contributed by atoms with Crippen molar-refractivity contribution in [3.05, 3.63) is 24.3 Å². The molecule has 1 saturated heterocycles. The van der Waals surface area contributed by atoms with Crippen LogP contribution in [0.3, 0.4) is 0 Å². The molecule has 1 aliphatic rings. The molecule has 0 unspecified atom stereocenters. The van der Waals surface area contributed by atoms with Crippen molar-refractivity contribution in [2.75, 3.05) is 39.9 Å². The van der Waals surface area contributed by atoms with E-state index in [2.05, 4.69) is 0 Å². The number of carbonyl (C=O) groups excluding carboxylic acids is 3. The zero-order valence-corrected chi connectivity index (χ0v) is 14.8. The molecule has 0 spiro atoms. The monoisotopic (exact) mass is 364 g/mol. The van der Waals surface area contributed by atoms with E-state index in [1.54, 1.807) is 41.2 Å². The van der Waals surface area contributed by atoms with Gasteiger partial charge in [-0.05, 0) is 24.3 Å². The number of nitrogens with one attached hydrogen (secondary N) is 1. The van der Waals surface area contributed by atoms with Gasteiger partial charge in [-0.25, -0.2) is 5.84 Å². The fourth-order valence-corrected chi connectivity index (χ4v) is 2.56. The van der Waals surface area contributed by atoms with Gasteiger partial charge in [0, 0.05) is 39.0 Å². The van der Waals surface area contributed by atoms with Gasteiger partial charge in [0.2, 0.25) is 11.8 Å². The Balaban J connectivity index is 1.71. The molecule has 3 amide bonds. The number of ether oxygens (including phenoxy) is 2. The zero-order chi connectivity index (χ0) is 18.9. The van der Waals surface area contributed by atoms with Crippen molar-refractivity contribution < 1.29 is 23.9 Å². The smallest absolute Gasteiger partial charge is 0.260 e. The van der Waals surface area contributed by atoms with Crippen LogP contribution in [-0.4, -0.2) is 67.4 Å². The van der Waals surface area contributed by atoms with Crippen molar-refractivity contribution in [3.63, 3.8) is 0 Å². The van der Waals surface area contributed by atoms with Crippen LogP contribution < -0.4 is 20.7 Å². The first-order valence-corrected chi connectivity index (χ1v) is 8.35. The number of nitrogens with two attached hydrogens (primary N) is 1. The molecule has 9 nitrogen and oxygen atoms in total. The van der Waals surface area contributed by atoms with Crippen LogP contribution in [0.15, 0.2) is 24.3 Å². The lowest BCUT2D eigenvalue weighted by molar-refractivity contribution is -0.141. The highest BCUT2D eigenvalue weighted by molar-refractivity contribution is 5.84. The van der Waals surface area contributed by atoms with Gasteiger partial charge < -0.3 is 19.3 Å². The molecular weight excluding hydrogens is 340 g/mol. The molecule has 1 aromatic carbocycles. The Hall–Kier alpha value is -2.81. The van der Waals surface area contributed by atoms with E-state index in [1.165, 1.54) is 0 Å². The van der Waals surface area contributed by atoms with Gasteiger partial charge >= 0.3 is 0 Å². The van der Waals surface area contributed by atoms with Gasteiger partial charge in [0.25, 0.3) is 5.91 Å². The van der Waals surface area contributed by atoms with Crippen molar-refractivity contribution in [2.45, 2.75) is 12.8 Å². The van der Waals surface area contributed by atoms with Crippen LogP contribution >= 0.6 is 0 Å². The zero-order valence-electron chi connectivity index (χ0n) is 14.8. The second kappa shape index (κ2) is 9.62. The Morgan fingerprint density at radius 3 is 2.04 bits per heavy atom. The molecule has 3 N–H and O–H groups in total. The van der Waals surface area contributed by atoms with Crippen LogP contribution in [0.4, 0.5) is 0 Å².